The van der Waals surface area contributed by atoms with Gasteiger partial charge in [-0.15, -0.1) is 5.23 Å². The lowest BCUT2D eigenvalue weighted by molar-refractivity contribution is -0.268. The molecule has 0 amide bonds. The highest BCUT2D eigenvalue weighted by Crippen LogP contribution is 2.33. The van der Waals surface area contributed by atoms with Crippen molar-refractivity contribution in [1.82, 2.24) is 15.0 Å². The molecule has 1 aromatic heterocycles. The molecule has 0 radical (unpaired) electrons. The van der Waals surface area contributed by atoms with E-state index in [1.807, 2.05) is 0 Å². The van der Waals surface area contributed by atoms with Gasteiger partial charge in [-0.2, -0.15) is 33.2 Å². The van der Waals surface area contributed by atoms with Crippen LogP contribution in [0.3, 0.4) is 0 Å². The fourth-order valence-corrected chi connectivity index (χ4v) is 3.20. The third kappa shape index (κ3) is 6.63. The molecule has 4 aromatic rings. The summed E-state index contributed by atoms with van der Waals surface area (Å²) < 4.78 is 43.3. The number of nitrogens with one attached hydrogen (secondary N) is 1. The molecular weight excluding hydrogens is 507 g/mol. The molecule has 1 heterocycles. The van der Waals surface area contributed by atoms with Crippen molar-refractivity contribution in [1.29, 1.82) is 0 Å². The molecule has 3 aromatic carbocycles. The first kappa shape index (κ1) is 26.1. The minimum Gasteiger partial charge on any atom is -0.870 e. The Balaban J connectivity index is 1.72. The van der Waals surface area contributed by atoms with Crippen molar-refractivity contribution in [2.75, 3.05) is 22.2 Å². The first-order valence-electron chi connectivity index (χ1n) is 10.8. The smallest absolute Gasteiger partial charge is 0.422 e. The highest BCUT2D eigenvalue weighted by molar-refractivity contribution is 5.86. The Hall–Kier alpha value is -4.95. The lowest BCUT2D eigenvalue weighted by atomic mass is 10.2. The molecule has 11 nitrogen and oxygen atoms in total. The number of benzene rings is 3. The Bertz CT molecular complexity index is 1350. The van der Waals surface area contributed by atoms with Crippen LogP contribution in [0, 0.1) is 0 Å². The van der Waals surface area contributed by atoms with E-state index in [1.54, 1.807) is 65.6 Å². The van der Waals surface area contributed by atoms with Gasteiger partial charge in [-0.3, -0.25) is 15.3 Å². The Morgan fingerprint density at radius 1 is 0.895 bits per heavy atom. The van der Waals surface area contributed by atoms with Crippen molar-refractivity contribution in [3.8, 4) is 11.8 Å². The first-order valence-corrected chi connectivity index (χ1v) is 10.8. The van der Waals surface area contributed by atoms with Crippen molar-refractivity contribution >= 4 is 35.2 Å². The fraction of sp³-hybridized carbons (Fsp3) is 0.0833. The molecule has 0 fully saturated rings. The molecule has 3 N–H and O–H groups in total. The summed E-state index contributed by atoms with van der Waals surface area (Å²) in [4.78, 5) is 13.8. The Labute approximate surface area is 213 Å². The van der Waals surface area contributed by atoms with E-state index >= 15 is 0 Å². The SMILES string of the molecule is [O-]c1c(C=NNc2nc(OCC(F)(F)F)nc(N(c3ccccc3)c3ccccc3)n2)cccc1N(O)O. The molecule has 0 aliphatic heterocycles. The van der Waals surface area contributed by atoms with Crippen molar-refractivity contribution in [2.24, 2.45) is 5.10 Å². The number of alkyl halides is 3. The van der Waals surface area contributed by atoms with Crippen LogP contribution in [0.5, 0.6) is 11.8 Å². The van der Waals surface area contributed by atoms with Gasteiger partial charge in [0.25, 0.3) is 5.95 Å². The van der Waals surface area contributed by atoms with Crippen LogP contribution < -0.4 is 25.4 Å². The van der Waals surface area contributed by atoms with E-state index in [-0.39, 0.29) is 22.7 Å². The molecule has 0 atom stereocenters. The van der Waals surface area contributed by atoms with Gasteiger partial charge in [0, 0.05) is 11.4 Å². The number of rotatable bonds is 9. The van der Waals surface area contributed by atoms with Gasteiger partial charge in [0.15, 0.2) is 6.61 Å². The number of ether oxygens (including phenoxy) is 1. The lowest BCUT2D eigenvalue weighted by Crippen LogP contribution is -2.21. The fourth-order valence-electron chi connectivity index (χ4n) is 3.20. The average Bonchev–Trinajstić information content (AvgIpc) is 2.89. The second-order valence-electron chi connectivity index (χ2n) is 7.51. The zero-order valence-corrected chi connectivity index (χ0v) is 19.3. The first-order chi connectivity index (χ1) is 18.2. The van der Waals surface area contributed by atoms with Crippen molar-refractivity contribution in [3.05, 3.63) is 84.4 Å². The van der Waals surface area contributed by atoms with Crippen LogP contribution in [0.25, 0.3) is 0 Å². The quantitative estimate of drug-likeness (QED) is 0.212. The van der Waals surface area contributed by atoms with Crippen molar-refractivity contribution in [2.45, 2.75) is 6.18 Å². The number of halogens is 3. The van der Waals surface area contributed by atoms with E-state index in [4.69, 9.17) is 15.2 Å². The second kappa shape index (κ2) is 11.4. The molecule has 0 aliphatic carbocycles. The third-order valence-corrected chi connectivity index (χ3v) is 4.81. The van der Waals surface area contributed by atoms with E-state index in [0.717, 1.165) is 6.21 Å². The largest absolute Gasteiger partial charge is 0.870 e. The molecule has 4 rings (SSSR count). The number of hydrogen-bond donors (Lipinski definition) is 3. The summed E-state index contributed by atoms with van der Waals surface area (Å²) in [5.41, 5.74) is 3.21. The number of hydrazone groups is 1. The maximum Gasteiger partial charge on any atom is 0.422 e. The van der Waals surface area contributed by atoms with E-state index < -0.39 is 30.2 Å². The number of anilines is 5. The number of hydrogen-bond acceptors (Lipinski definition) is 11. The minimum atomic E-state index is -4.64. The maximum atomic E-state index is 12.8. The Morgan fingerprint density at radius 3 is 2.11 bits per heavy atom. The Kier molecular flexibility index (Phi) is 7.84. The van der Waals surface area contributed by atoms with Crippen LogP contribution in [0.1, 0.15) is 5.56 Å². The summed E-state index contributed by atoms with van der Waals surface area (Å²) >= 11 is 0. The van der Waals surface area contributed by atoms with Gasteiger partial charge in [-0.1, -0.05) is 54.3 Å². The molecule has 0 saturated carbocycles. The zero-order valence-electron chi connectivity index (χ0n) is 19.3. The van der Waals surface area contributed by atoms with Gasteiger partial charge >= 0.3 is 12.2 Å². The summed E-state index contributed by atoms with van der Waals surface area (Å²) in [6, 6.07) is 21.0. The van der Waals surface area contributed by atoms with Crippen LogP contribution in [-0.2, 0) is 0 Å². The van der Waals surface area contributed by atoms with Crippen LogP contribution >= 0.6 is 0 Å². The molecular formula is C24H19F3N7O4-. The second-order valence-corrected chi connectivity index (χ2v) is 7.51. The van der Waals surface area contributed by atoms with Gasteiger partial charge in [0.2, 0.25) is 5.95 Å². The van der Waals surface area contributed by atoms with Gasteiger partial charge in [0.05, 0.1) is 11.9 Å². The predicted molar refractivity (Wildman–Crippen MR) is 129 cm³/mol. The average molecular weight is 526 g/mol. The molecule has 0 saturated heterocycles. The van der Waals surface area contributed by atoms with Crippen LogP contribution in [0.2, 0.25) is 0 Å². The van der Waals surface area contributed by atoms with Crippen LogP contribution in [-0.4, -0.2) is 44.4 Å². The summed E-state index contributed by atoms with van der Waals surface area (Å²) in [5.74, 6) is -1.10. The van der Waals surface area contributed by atoms with Gasteiger partial charge in [-0.05, 0) is 35.9 Å². The predicted octanol–water partition coefficient (Wildman–Crippen LogP) is 4.39. The molecule has 0 unspecified atom stereocenters. The molecule has 0 spiro atoms. The van der Waals surface area contributed by atoms with Gasteiger partial charge < -0.3 is 9.84 Å². The summed E-state index contributed by atoms with van der Waals surface area (Å²) in [6.45, 7) is -1.64. The third-order valence-electron chi connectivity index (χ3n) is 4.81. The van der Waals surface area contributed by atoms with E-state index in [0.29, 0.717) is 11.4 Å². The number of nitrogens with zero attached hydrogens (tertiary/aromatic N) is 6. The monoisotopic (exact) mass is 526 g/mol. The maximum absolute atomic E-state index is 12.8. The van der Waals surface area contributed by atoms with E-state index in [1.165, 1.54) is 18.2 Å². The molecule has 0 bridgehead atoms. The molecule has 196 valence electrons. The molecule has 0 aliphatic rings. The van der Waals surface area contributed by atoms with Crippen LogP contribution in [0.15, 0.2) is 84.0 Å². The van der Waals surface area contributed by atoms with Gasteiger partial charge in [0.1, 0.15) is 0 Å². The van der Waals surface area contributed by atoms with E-state index in [9.17, 15) is 18.3 Å². The van der Waals surface area contributed by atoms with Crippen LogP contribution in [0.4, 0.5) is 42.1 Å². The van der Waals surface area contributed by atoms with Crippen molar-refractivity contribution in [3.63, 3.8) is 0 Å². The highest BCUT2D eigenvalue weighted by atomic mass is 19.4. The summed E-state index contributed by atoms with van der Waals surface area (Å²) in [6.07, 6.45) is -3.58. The van der Waals surface area contributed by atoms with Gasteiger partial charge in [-0.25, -0.2) is 5.43 Å². The standard InChI is InChI=1S/C24H20F3N7O4/c25-24(26,27)15-38-23-30-21(32-28-14-16-8-7-13-19(20(16)35)34(36)37)29-22(31-23)33(17-9-3-1-4-10-17)18-11-5-2-6-12-18/h1-14,35-37H,15H2,(H,29,30,31,32)/p-1. The summed E-state index contributed by atoms with van der Waals surface area (Å²) in [5, 5.41) is 34.1. The molecule has 38 heavy (non-hydrogen) atoms. The topological polar surface area (TPSA) is 142 Å². The van der Waals surface area contributed by atoms with E-state index in [2.05, 4.69) is 25.5 Å². The Morgan fingerprint density at radius 2 is 1.53 bits per heavy atom. The highest BCUT2D eigenvalue weighted by Gasteiger charge is 2.29. The molecule has 14 heteroatoms. The normalized spacial score (nSPS) is 11.4. The number of para-hydroxylation sites is 3. The van der Waals surface area contributed by atoms with Crippen molar-refractivity contribution < 1.29 is 33.4 Å². The lowest BCUT2D eigenvalue weighted by Gasteiger charge is -2.23. The zero-order chi connectivity index (χ0) is 27.1. The minimum absolute atomic E-state index is 0.0267. The summed E-state index contributed by atoms with van der Waals surface area (Å²) in [7, 11) is 0. The number of aromatic nitrogens is 3.